The molecule has 1 aromatic carbocycles. The number of hydrogen-bond acceptors (Lipinski definition) is 3. The lowest BCUT2D eigenvalue weighted by atomic mass is 10.1. The molecule has 0 aliphatic carbocycles. The first-order chi connectivity index (χ1) is 8.86. The van der Waals surface area contributed by atoms with Gasteiger partial charge in [0.15, 0.2) is 0 Å². The minimum absolute atomic E-state index is 0.431. The highest BCUT2D eigenvalue weighted by Crippen LogP contribution is 2.22. The lowest BCUT2D eigenvalue weighted by Crippen LogP contribution is -1.85. The van der Waals surface area contributed by atoms with Crippen molar-refractivity contribution in [3.05, 3.63) is 60.6 Å². The molecule has 0 amide bonds. The summed E-state index contributed by atoms with van der Waals surface area (Å²) in [4.78, 5) is 8.37. The van der Waals surface area contributed by atoms with Gasteiger partial charge in [0.2, 0.25) is 0 Å². The van der Waals surface area contributed by atoms with E-state index >= 15 is 0 Å². The number of benzene rings is 1. The van der Waals surface area contributed by atoms with Gasteiger partial charge in [0.25, 0.3) is 0 Å². The van der Waals surface area contributed by atoms with Crippen LogP contribution in [0, 0.1) is 11.3 Å². The Balaban J connectivity index is 2.19. The van der Waals surface area contributed by atoms with Crippen molar-refractivity contribution >= 4 is 10.8 Å². The van der Waals surface area contributed by atoms with Crippen molar-refractivity contribution in [3.8, 4) is 17.3 Å². The van der Waals surface area contributed by atoms with Crippen molar-refractivity contribution in [3.63, 3.8) is 0 Å². The second-order valence-corrected chi connectivity index (χ2v) is 3.96. The third-order valence-corrected chi connectivity index (χ3v) is 2.80. The van der Waals surface area contributed by atoms with Crippen LogP contribution in [-0.2, 0) is 0 Å². The quantitative estimate of drug-likeness (QED) is 0.646. The van der Waals surface area contributed by atoms with Gasteiger partial charge in [-0.25, -0.2) is 4.98 Å². The molecule has 18 heavy (non-hydrogen) atoms. The van der Waals surface area contributed by atoms with Crippen LogP contribution in [0.1, 0.15) is 5.69 Å². The summed E-state index contributed by atoms with van der Waals surface area (Å²) in [5.41, 5.74) is 2.40. The molecule has 0 aliphatic heterocycles. The van der Waals surface area contributed by atoms with Crippen molar-refractivity contribution in [2.75, 3.05) is 0 Å². The fourth-order valence-electron chi connectivity index (χ4n) is 1.89. The van der Waals surface area contributed by atoms with Gasteiger partial charge in [-0.1, -0.05) is 18.2 Å². The van der Waals surface area contributed by atoms with E-state index < -0.39 is 0 Å². The Morgan fingerprint density at radius 2 is 1.89 bits per heavy atom. The van der Waals surface area contributed by atoms with Gasteiger partial charge in [-0.05, 0) is 29.7 Å². The molecule has 3 nitrogen and oxygen atoms in total. The fraction of sp³-hybridized carbons (Fsp3) is 0. The lowest BCUT2D eigenvalue weighted by molar-refractivity contribution is 1.29. The molecule has 0 bridgehead atoms. The average Bonchev–Trinajstić information content (AvgIpc) is 2.47. The first-order valence-electron chi connectivity index (χ1n) is 5.58. The van der Waals surface area contributed by atoms with Crippen molar-refractivity contribution in [2.24, 2.45) is 0 Å². The Hall–Kier alpha value is -2.73. The molecule has 0 radical (unpaired) electrons. The van der Waals surface area contributed by atoms with E-state index in [0.29, 0.717) is 5.69 Å². The van der Waals surface area contributed by atoms with Crippen LogP contribution in [0.5, 0.6) is 0 Å². The number of hydrogen-bond donors (Lipinski definition) is 0. The molecule has 0 unspecified atom stereocenters. The zero-order chi connectivity index (χ0) is 12.4. The number of aromatic nitrogens is 2. The highest BCUT2D eigenvalue weighted by Gasteiger charge is 2.01. The second kappa shape index (κ2) is 4.27. The van der Waals surface area contributed by atoms with Gasteiger partial charge >= 0.3 is 0 Å². The molecule has 0 fully saturated rings. The topological polar surface area (TPSA) is 49.6 Å². The van der Waals surface area contributed by atoms with Crippen molar-refractivity contribution in [1.29, 1.82) is 5.26 Å². The van der Waals surface area contributed by atoms with Crippen LogP contribution in [0.25, 0.3) is 22.0 Å². The molecule has 0 aliphatic rings. The third kappa shape index (κ3) is 1.80. The highest BCUT2D eigenvalue weighted by atomic mass is 14.7. The molecule has 3 heteroatoms. The molecular weight excluding hydrogens is 222 g/mol. The zero-order valence-corrected chi connectivity index (χ0v) is 9.54. The molecule has 0 saturated carbocycles. The highest BCUT2D eigenvalue weighted by molar-refractivity contribution is 5.86. The zero-order valence-electron chi connectivity index (χ0n) is 9.54. The number of fused-ring (bicyclic) bond motifs is 1. The second-order valence-electron chi connectivity index (χ2n) is 3.96. The van der Waals surface area contributed by atoms with Crippen LogP contribution < -0.4 is 0 Å². The predicted octanol–water partition coefficient (Wildman–Crippen LogP) is 3.17. The smallest absolute Gasteiger partial charge is 0.141 e. The first-order valence-corrected chi connectivity index (χ1v) is 5.58. The summed E-state index contributed by atoms with van der Waals surface area (Å²) >= 11 is 0. The number of pyridine rings is 2. The first kappa shape index (κ1) is 10.4. The molecular formula is C15H9N3. The van der Waals surface area contributed by atoms with Gasteiger partial charge in [-0.15, -0.1) is 0 Å². The fourth-order valence-corrected chi connectivity index (χ4v) is 1.89. The SMILES string of the molecule is N#Cc1cc2cc(-c3ccccn3)ccc2cn1. The molecule has 2 heterocycles. The van der Waals surface area contributed by atoms with Gasteiger partial charge in [0.1, 0.15) is 11.8 Å². The van der Waals surface area contributed by atoms with Crippen LogP contribution in [0.2, 0.25) is 0 Å². The molecule has 3 aromatic rings. The van der Waals surface area contributed by atoms with Crippen LogP contribution in [0.4, 0.5) is 0 Å². The van der Waals surface area contributed by atoms with E-state index in [9.17, 15) is 0 Å². The van der Waals surface area contributed by atoms with Crippen LogP contribution in [-0.4, -0.2) is 9.97 Å². The summed E-state index contributed by atoms with van der Waals surface area (Å²) in [7, 11) is 0. The van der Waals surface area contributed by atoms with Gasteiger partial charge in [0.05, 0.1) is 5.69 Å². The number of rotatable bonds is 1. The standard InChI is InChI=1S/C15H9N3/c16-9-14-8-13-7-11(4-5-12(13)10-18-14)15-3-1-2-6-17-15/h1-8,10H. The maximum atomic E-state index is 8.86. The van der Waals surface area contributed by atoms with Crippen molar-refractivity contribution in [1.82, 2.24) is 9.97 Å². The summed E-state index contributed by atoms with van der Waals surface area (Å²) in [6.45, 7) is 0. The van der Waals surface area contributed by atoms with Gasteiger partial charge in [-0.2, -0.15) is 5.26 Å². The summed E-state index contributed by atoms with van der Waals surface area (Å²) in [5.74, 6) is 0. The minimum atomic E-state index is 0.431. The minimum Gasteiger partial charge on any atom is -0.256 e. The van der Waals surface area contributed by atoms with E-state index in [0.717, 1.165) is 22.0 Å². The number of nitrogens with zero attached hydrogens (tertiary/aromatic N) is 3. The summed E-state index contributed by atoms with van der Waals surface area (Å²) in [6.07, 6.45) is 3.49. The van der Waals surface area contributed by atoms with E-state index in [2.05, 4.69) is 16.0 Å². The largest absolute Gasteiger partial charge is 0.256 e. The number of nitriles is 1. The molecule has 2 aromatic heterocycles. The van der Waals surface area contributed by atoms with E-state index in [-0.39, 0.29) is 0 Å². The molecule has 0 spiro atoms. The Labute approximate surface area is 104 Å². The lowest BCUT2D eigenvalue weighted by Gasteiger charge is -2.03. The summed E-state index contributed by atoms with van der Waals surface area (Å²) in [6, 6.07) is 15.7. The Morgan fingerprint density at radius 3 is 2.67 bits per heavy atom. The van der Waals surface area contributed by atoms with Crippen LogP contribution in [0.3, 0.4) is 0 Å². The van der Waals surface area contributed by atoms with Crippen molar-refractivity contribution < 1.29 is 0 Å². The summed E-state index contributed by atoms with van der Waals surface area (Å²) < 4.78 is 0. The van der Waals surface area contributed by atoms with Gasteiger partial charge in [0, 0.05) is 23.3 Å². The van der Waals surface area contributed by atoms with E-state index in [1.54, 1.807) is 18.5 Å². The molecule has 0 saturated heterocycles. The van der Waals surface area contributed by atoms with Crippen molar-refractivity contribution in [2.45, 2.75) is 0 Å². The maximum Gasteiger partial charge on any atom is 0.141 e. The summed E-state index contributed by atoms with van der Waals surface area (Å²) in [5, 5.41) is 10.9. The normalized spacial score (nSPS) is 10.2. The monoisotopic (exact) mass is 231 g/mol. The van der Waals surface area contributed by atoms with E-state index in [1.807, 2.05) is 36.4 Å². The average molecular weight is 231 g/mol. The molecule has 0 atom stereocenters. The molecule has 0 N–H and O–H groups in total. The van der Waals surface area contributed by atoms with Gasteiger partial charge < -0.3 is 0 Å². The van der Waals surface area contributed by atoms with E-state index in [1.165, 1.54) is 0 Å². The maximum absolute atomic E-state index is 8.86. The Bertz CT molecular complexity index is 743. The van der Waals surface area contributed by atoms with Gasteiger partial charge in [-0.3, -0.25) is 4.98 Å². The predicted molar refractivity (Wildman–Crippen MR) is 69.7 cm³/mol. The third-order valence-electron chi connectivity index (χ3n) is 2.80. The Kier molecular flexibility index (Phi) is 2.47. The molecule has 3 rings (SSSR count). The Morgan fingerprint density at radius 1 is 0.944 bits per heavy atom. The van der Waals surface area contributed by atoms with Crippen LogP contribution >= 0.6 is 0 Å². The van der Waals surface area contributed by atoms with E-state index in [4.69, 9.17) is 5.26 Å². The van der Waals surface area contributed by atoms with Crippen LogP contribution in [0.15, 0.2) is 54.9 Å². The molecule has 84 valence electrons.